The number of nitrogens with zero attached hydrogens (tertiary/aromatic N) is 3. The SMILES string of the molecule is CC(C)(NC(=O)N1CCn2ccnc2C1)C(=O)O. The Kier molecular flexibility index (Phi) is 2.98. The number of carboxylic acids is 1. The molecule has 7 heteroatoms. The van der Waals surface area contributed by atoms with Crippen LogP contribution < -0.4 is 5.32 Å². The van der Waals surface area contributed by atoms with Crippen molar-refractivity contribution in [3.63, 3.8) is 0 Å². The third kappa shape index (κ3) is 2.29. The minimum atomic E-state index is -1.27. The van der Waals surface area contributed by atoms with Crippen molar-refractivity contribution in [1.29, 1.82) is 0 Å². The monoisotopic (exact) mass is 252 g/mol. The average Bonchev–Trinajstić information content (AvgIpc) is 2.74. The molecule has 0 spiro atoms. The molecule has 0 bridgehead atoms. The van der Waals surface area contributed by atoms with Crippen molar-refractivity contribution in [3.8, 4) is 0 Å². The summed E-state index contributed by atoms with van der Waals surface area (Å²) >= 11 is 0. The molecule has 0 fully saturated rings. The van der Waals surface area contributed by atoms with Gasteiger partial charge in [0.1, 0.15) is 11.4 Å². The summed E-state index contributed by atoms with van der Waals surface area (Å²) in [7, 11) is 0. The highest BCUT2D eigenvalue weighted by molar-refractivity contribution is 5.85. The van der Waals surface area contributed by atoms with Crippen LogP contribution in [-0.2, 0) is 17.9 Å². The molecule has 0 saturated heterocycles. The van der Waals surface area contributed by atoms with Crippen molar-refractivity contribution in [2.24, 2.45) is 0 Å². The number of carboxylic acid groups (broad SMARTS) is 1. The van der Waals surface area contributed by atoms with Crippen molar-refractivity contribution < 1.29 is 14.7 Å². The number of hydrogen-bond donors (Lipinski definition) is 2. The molecule has 2 amide bonds. The zero-order chi connectivity index (χ0) is 13.3. The molecular formula is C11H16N4O3. The van der Waals surface area contributed by atoms with Crippen molar-refractivity contribution in [3.05, 3.63) is 18.2 Å². The molecule has 0 atom stereocenters. The van der Waals surface area contributed by atoms with E-state index < -0.39 is 11.5 Å². The molecule has 0 radical (unpaired) electrons. The van der Waals surface area contributed by atoms with E-state index >= 15 is 0 Å². The predicted molar refractivity (Wildman–Crippen MR) is 62.9 cm³/mol. The van der Waals surface area contributed by atoms with Gasteiger partial charge in [-0.05, 0) is 13.8 Å². The lowest BCUT2D eigenvalue weighted by Crippen LogP contribution is -2.55. The number of urea groups is 1. The van der Waals surface area contributed by atoms with Gasteiger partial charge in [0, 0.05) is 25.5 Å². The highest BCUT2D eigenvalue weighted by atomic mass is 16.4. The highest BCUT2D eigenvalue weighted by Gasteiger charge is 2.32. The van der Waals surface area contributed by atoms with E-state index in [1.54, 1.807) is 11.1 Å². The molecule has 0 unspecified atom stereocenters. The maximum absolute atomic E-state index is 12.0. The van der Waals surface area contributed by atoms with Crippen LogP contribution in [0.2, 0.25) is 0 Å². The maximum atomic E-state index is 12.0. The van der Waals surface area contributed by atoms with Gasteiger partial charge in [-0.2, -0.15) is 0 Å². The van der Waals surface area contributed by atoms with Crippen LogP contribution in [0.5, 0.6) is 0 Å². The Morgan fingerprint density at radius 2 is 2.17 bits per heavy atom. The number of aromatic nitrogens is 2. The Balaban J connectivity index is 2.02. The number of nitrogens with one attached hydrogen (secondary N) is 1. The van der Waals surface area contributed by atoms with E-state index in [0.29, 0.717) is 19.6 Å². The number of rotatable bonds is 2. The van der Waals surface area contributed by atoms with Gasteiger partial charge in [0.05, 0.1) is 6.54 Å². The smallest absolute Gasteiger partial charge is 0.328 e. The summed E-state index contributed by atoms with van der Waals surface area (Å²) < 4.78 is 1.98. The first-order valence-electron chi connectivity index (χ1n) is 5.70. The number of imidazole rings is 1. The minimum absolute atomic E-state index is 0.378. The molecule has 0 saturated carbocycles. The lowest BCUT2D eigenvalue weighted by molar-refractivity contribution is -0.143. The molecule has 7 nitrogen and oxygen atoms in total. The highest BCUT2D eigenvalue weighted by Crippen LogP contribution is 2.11. The molecule has 98 valence electrons. The van der Waals surface area contributed by atoms with Crippen molar-refractivity contribution in [1.82, 2.24) is 19.8 Å². The first-order valence-corrected chi connectivity index (χ1v) is 5.70. The zero-order valence-electron chi connectivity index (χ0n) is 10.4. The van der Waals surface area contributed by atoms with Crippen molar-refractivity contribution in [2.75, 3.05) is 6.54 Å². The van der Waals surface area contributed by atoms with Gasteiger partial charge >= 0.3 is 12.0 Å². The third-order valence-corrected chi connectivity index (χ3v) is 2.99. The Morgan fingerprint density at radius 1 is 1.44 bits per heavy atom. The summed E-state index contributed by atoms with van der Waals surface area (Å²) in [6, 6.07) is -0.378. The predicted octanol–water partition coefficient (Wildman–Crippen LogP) is 0.271. The summed E-state index contributed by atoms with van der Waals surface area (Å²) in [6.45, 7) is 4.53. The van der Waals surface area contributed by atoms with Gasteiger partial charge in [-0.25, -0.2) is 14.6 Å². The second-order valence-electron chi connectivity index (χ2n) is 4.82. The standard InChI is InChI=1S/C11H16N4O3/c1-11(2,9(16)17)13-10(18)15-6-5-14-4-3-12-8(14)7-15/h3-4H,5-7H2,1-2H3,(H,13,18)(H,16,17). The van der Waals surface area contributed by atoms with E-state index in [0.717, 1.165) is 5.82 Å². The Morgan fingerprint density at radius 3 is 2.83 bits per heavy atom. The fourth-order valence-corrected chi connectivity index (χ4v) is 1.75. The molecular weight excluding hydrogens is 236 g/mol. The molecule has 18 heavy (non-hydrogen) atoms. The quantitative estimate of drug-likeness (QED) is 0.791. The molecule has 1 aliphatic rings. The van der Waals surface area contributed by atoms with E-state index in [1.165, 1.54) is 13.8 Å². The molecule has 0 aromatic carbocycles. The molecule has 2 rings (SSSR count). The van der Waals surface area contributed by atoms with Gasteiger partial charge in [0.25, 0.3) is 0 Å². The van der Waals surface area contributed by atoms with Crippen LogP contribution in [0.15, 0.2) is 12.4 Å². The first-order chi connectivity index (χ1) is 8.40. The van der Waals surface area contributed by atoms with Gasteiger partial charge in [-0.15, -0.1) is 0 Å². The molecule has 2 N–H and O–H groups in total. The Labute approximate surface area is 104 Å². The number of carbonyl (C=O) groups excluding carboxylic acids is 1. The second-order valence-corrected chi connectivity index (χ2v) is 4.82. The fraction of sp³-hybridized carbons (Fsp3) is 0.545. The van der Waals surface area contributed by atoms with Crippen LogP contribution in [0.3, 0.4) is 0 Å². The number of carbonyl (C=O) groups is 2. The lowest BCUT2D eigenvalue weighted by atomic mass is 10.1. The van der Waals surface area contributed by atoms with Gasteiger partial charge in [-0.1, -0.05) is 0 Å². The van der Waals surface area contributed by atoms with Gasteiger partial charge in [-0.3, -0.25) is 0 Å². The minimum Gasteiger partial charge on any atom is -0.480 e. The average molecular weight is 252 g/mol. The van der Waals surface area contributed by atoms with E-state index in [2.05, 4.69) is 10.3 Å². The van der Waals surface area contributed by atoms with Gasteiger partial charge in [0.15, 0.2) is 0 Å². The molecule has 1 aromatic rings. The van der Waals surface area contributed by atoms with Crippen LogP contribution in [0.1, 0.15) is 19.7 Å². The second kappa shape index (κ2) is 4.32. The van der Waals surface area contributed by atoms with Crippen LogP contribution in [-0.4, -0.2) is 43.6 Å². The van der Waals surface area contributed by atoms with E-state index in [9.17, 15) is 9.59 Å². The summed E-state index contributed by atoms with van der Waals surface area (Å²) in [5.41, 5.74) is -1.27. The summed E-state index contributed by atoms with van der Waals surface area (Å²) in [4.78, 5) is 28.6. The maximum Gasteiger partial charge on any atom is 0.328 e. The molecule has 1 aliphatic heterocycles. The normalized spacial score (nSPS) is 15.1. The van der Waals surface area contributed by atoms with Crippen LogP contribution in [0.4, 0.5) is 4.79 Å². The van der Waals surface area contributed by atoms with E-state index in [-0.39, 0.29) is 6.03 Å². The van der Waals surface area contributed by atoms with Crippen LogP contribution >= 0.6 is 0 Å². The van der Waals surface area contributed by atoms with Crippen molar-refractivity contribution >= 4 is 12.0 Å². The fourth-order valence-electron chi connectivity index (χ4n) is 1.75. The van der Waals surface area contributed by atoms with Crippen LogP contribution in [0.25, 0.3) is 0 Å². The number of hydrogen-bond acceptors (Lipinski definition) is 3. The Bertz CT molecular complexity index is 480. The number of fused-ring (bicyclic) bond motifs is 1. The summed E-state index contributed by atoms with van der Waals surface area (Å²) in [6.07, 6.45) is 3.56. The van der Waals surface area contributed by atoms with E-state index in [4.69, 9.17) is 5.11 Å². The Hall–Kier alpha value is -2.05. The zero-order valence-corrected chi connectivity index (χ0v) is 10.4. The lowest BCUT2D eigenvalue weighted by Gasteiger charge is -2.31. The number of amides is 2. The summed E-state index contributed by atoms with van der Waals surface area (Å²) in [5, 5.41) is 11.5. The van der Waals surface area contributed by atoms with Crippen molar-refractivity contribution in [2.45, 2.75) is 32.5 Å². The molecule has 1 aromatic heterocycles. The first kappa shape index (κ1) is 12.4. The largest absolute Gasteiger partial charge is 0.480 e. The number of aliphatic carboxylic acids is 1. The molecule has 0 aliphatic carbocycles. The molecule has 2 heterocycles. The van der Waals surface area contributed by atoms with Gasteiger partial charge < -0.3 is 19.9 Å². The summed E-state index contributed by atoms with van der Waals surface area (Å²) in [5.74, 6) is -0.251. The van der Waals surface area contributed by atoms with Gasteiger partial charge in [0.2, 0.25) is 0 Å². The van der Waals surface area contributed by atoms with E-state index in [1.807, 2.05) is 10.8 Å². The van der Waals surface area contributed by atoms with Crippen LogP contribution in [0, 0.1) is 0 Å². The third-order valence-electron chi connectivity index (χ3n) is 2.99. The topological polar surface area (TPSA) is 87.5 Å².